The van der Waals surface area contributed by atoms with E-state index in [4.69, 9.17) is 27.9 Å². The van der Waals surface area contributed by atoms with Crippen LogP contribution in [0.25, 0.3) is 0 Å². The zero-order valence-electron chi connectivity index (χ0n) is 13.1. The van der Waals surface area contributed by atoms with Crippen LogP contribution in [0.1, 0.15) is 17.3 Å². The van der Waals surface area contributed by atoms with Crippen molar-refractivity contribution in [1.29, 1.82) is 0 Å². The van der Waals surface area contributed by atoms with Crippen LogP contribution in [0, 0.1) is 0 Å². The van der Waals surface area contributed by atoms with E-state index in [1.54, 1.807) is 56.4 Å². The van der Waals surface area contributed by atoms with Crippen LogP contribution in [0.5, 0.6) is 5.75 Å². The second-order valence-electron chi connectivity index (χ2n) is 4.98. The average Bonchev–Trinajstić information content (AvgIpc) is 2.57. The van der Waals surface area contributed by atoms with E-state index in [1.807, 2.05) is 0 Å². The molecule has 0 bridgehead atoms. The molecule has 0 saturated heterocycles. The van der Waals surface area contributed by atoms with Gasteiger partial charge in [0.15, 0.2) is 6.10 Å². The molecule has 2 rings (SSSR count). The molecule has 24 heavy (non-hydrogen) atoms. The molecule has 2 aromatic rings. The van der Waals surface area contributed by atoms with Crippen molar-refractivity contribution in [3.63, 3.8) is 0 Å². The van der Waals surface area contributed by atoms with Gasteiger partial charge in [0.05, 0.1) is 5.02 Å². The van der Waals surface area contributed by atoms with Crippen molar-refractivity contribution in [1.82, 2.24) is 5.32 Å². The second kappa shape index (κ2) is 8.04. The SMILES string of the molecule is CNC(=O)c1ccc(NC(=O)[C@@H](C)Oc2ccc(Cl)cc2Cl)cc1. The lowest BCUT2D eigenvalue weighted by molar-refractivity contribution is -0.122. The summed E-state index contributed by atoms with van der Waals surface area (Å²) in [6.45, 7) is 1.61. The van der Waals surface area contributed by atoms with Crippen LogP contribution >= 0.6 is 23.2 Å². The summed E-state index contributed by atoms with van der Waals surface area (Å²) in [5.74, 6) is -0.158. The minimum Gasteiger partial charge on any atom is -0.479 e. The highest BCUT2D eigenvalue weighted by Gasteiger charge is 2.16. The molecule has 7 heteroatoms. The number of halogens is 2. The number of rotatable bonds is 5. The first-order valence-corrected chi connectivity index (χ1v) is 7.91. The lowest BCUT2D eigenvalue weighted by Gasteiger charge is -2.16. The van der Waals surface area contributed by atoms with E-state index >= 15 is 0 Å². The molecule has 0 fully saturated rings. The summed E-state index contributed by atoms with van der Waals surface area (Å²) in [5.41, 5.74) is 1.07. The van der Waals surface area contributed by atoms with Crippen molar-refractivity contribution in [3.05, 3.63) is 58.1 Å². The zero-order valence-corrected chi connectivity index (χ0v) is 14.6. The quantitative estimate of drug-likeness (QED) is 0.846. The third kappa shape index (κ3) is 4.63. The van der Waals surface area contributed by atoms with Crippen molar-refractivity contribution in [3.8, 4) is 5.75 Å². The Morgan fingerprint density at radius 1 is 1.08 bits per heavy atom. The zero-order chi connectivity index (χ0) is 17.7. The molecule has 0 saturated carbocycles. The van der Waals surface area contributed by atoms with Gasteiger partial charge in [-0.25, -0.2) is 0 Å². The van der Waals surface area contributed by atoms with Gasteiger partial charge >= 0.3 is 0 Å². The van der Waals surface area contributed by atoms with Gasteiger partial charge in [-0.15, -0.1) is 0 Å². The Balaban J connectivity index is 1.99. The molecular weight excluding hydrogens is 351 g/mol. The summed E-state index contributed by atoms with van der Waals surface area (Å²) in [7, 11) is 1.55. The van der Waals surface area contributed by atoms with E-state index in [2.05, 4.69) is 10.6 Å². The average molecular weight is 367 g/mol. The monoisotopic (exact) mass is 366 g/mol. The van der Waals surface area contributed by atoms with Crippen LogP contribution in [0.15, 0.2) is 42.5 Å². The van der Waals surface area contributed by atoms with Crippen molar-refractivity contribution in [2.24, 2.45) is 0 Å². The van der Waals surface area contributed by atoms with E-state index in [0.717, 1.165) is 0 Å². The van der Waals surface area contributed by atoms with Crippen LogP contribution in [0.3, 0.4) is 0 Å². The molecule has 2 amide bonds. The van der Waals surface area contributed by atoms with Gasteiger partial charge in [0, 0.05) is 23.3 Å². The van der Waals surface area contributed by atoms with Gasteiger partial charge in [-0.05, 0) is 49.4 Å². The fourth-order valence-corrected chi connectivity index (χ4v) is 2.36. The van der Waals surface area contributed by atoms with E-state index < -0.39 is 6.10 Å². The summed E-state index contributed by atoms with van der Waals surface area (Å²) >= 11 is 11.8. The smallest absolute Gasteiger partial charge is 0.265 e. The van der Waals surface area contributed by atoms with E-state index in [0.29, 0.717) is 27.0 Å². The maximum Gasteiger partial charge on any atom is 0.265 e. The highest BCUT2D eigenvalue weighted by atomic mass is 35.5. The fourth-order valence-electron chi connectivity index (χ4n) is 1.91. The van der Waals surface area contributed by atoms with Crippen LogP contribution < -0.4 is 15.4 Å². The van der Waals surface area contributed by atoms with Crippen molar-refractivity contribution in [2.75, 3.05) is 12.4 Å². The number of hydrogen-bond acceptors (Lipinski definition) is 3. The van der Waals surface area contributed by atoms with Crippen molar-refractivity contribution in [2.45, 2.75) is 13.0 Å². The van der Waals surface area contributed by atoms with Gasteiger partial charge in [0.25, 0.3) is 11.8 Å². The number of anilines is 1. The number of nitrogens with one attached hydrogen (secondary N) is 2. The molecule has 126 valence electrons. The van der Waals surface area contributed by atoms with Gasteiger partial charge in [-0.1, -0.05) is 23.2 Å². The molecule has 1 atom stereocenters. The van der Waals surface area contributed by atoms with Gasteiger partial charge in [0.2, 0.25) is 0 Å². The number of carbonyl (C=O) groups is 2. The predicted octanol–water partition coefficient (Wildman–Crippen LogP) is 3.76. The largest absolute Gasteiger partial charge is 0.479 e. The molecular formula is C17H16Cl2N2O3. The molecule has 0 radical (unpaired) electrons. The number of benzene rings is 2. The van der Waals surface area contributed by atoms with Crippen LogP contribution in [-0.4, -0.2) is 25.0 Å². The Labute approximate surface area is 149 Å². The topological polar surface area (TPSA) is 67.4 Å². The lowest BCUT2D eigenvalue weighted by Crippen LogP contribution is -2.30. The molecule has 2 aromatic carbocycles. The molecule has 0 aliphatic carbocycles. The summed E-state index contributed by atoms with van der Waals surface area (Å²) < 4.78 is 5.55. The Morgan fingerprint density at radius 2 is 1.75 bits per heavy atom. The molecule has 0 aliphatic rings. The molecule has 0 aliphatic heterocycles. The predicted molar refractivity (Wildman–Crippen MR) is 95.0 cm³/mol. The summed E-state index contributed by atoms with van der Waals surface area (Å²) in [4.78, 5) is 23.7. The summed E-state index contributed by atoms with van der Waals surface area (Å²) in [5, 5.41) is 6.06. The first-order chi connectivity index (χ1) is 11.4. The number of ether oxygens (including phenoxy) is 1. The van der Waals surface area contributed by atoms with E-state index in [-0.39, 0.29) is 11.8 Å². The first-order valence-electron chi connectivity index (χ1n) is 7.15. The Kier molecular flexibility index (Phi) is 6.06. The highest BCUT2D eigenvalue weighted by molar-refractivity contribution is 6.35. The third-order valence-electron chi connectivity index (χ3n) is 3.21. The maximum atomic E-state index is 12.2. The molecule has 0 heterocycles. The number of amides is 2. The van der Waals surface area contributed by atoms with Crippen molar-refractivity contribution >= 4 is 40.7 Å². The molecule has 5 nitrogen and oxygen atoms in total. The van der Waals surface area contributed by atoms with E-state index in [1.165, 1.54) is 0 Å². The van der Waals surface area contributed by atoms with Crippen LogP contribution in [0.2, 0.25) is 10.0 Å². The molecule has 0 unspecified atom stereocenters. The maximum absolute atomic E-state index is 12.2. The first kappa shape index (κ1) is 18.1. The van der Waals surface area contributed by atoms with Crippen molar-refractivity contribution < 1.29 is 14.3 Å². The highest BCUT2D eigenvalue weighted by Crippen LogP contribution is 2.28. The van der Waals surface area contributed by atoms with Crippen LogP contribution in [-0.2, 0) is 4.79 Å². The fraction of sp³-hybridized carbons (Fsp3) is 0.176. The Morgan fingerprint density at radius 3 is 2.33 bits per heavy atom. The van der Waals surface area contributed by atoms with Gasteiger partial charge in [0.1, 0.15) is 5.75 Å². The van der Waals surface area contributed by atoms with E-state index in [9.17, 15) is 9.59 Å². The normalized spacial score (nSPS) is 11.5. The van der Waals surface area contributed by atoms with Gasteiger partial charge < -0.3 is 15.4 Å². The van der Waals surface area contributed by atoms with Crippen LogP contribution in [0.4, 0.5) is 5.69 Å². The standard InChI is InChI=1S/C17H16Cl2N2O3/c1-10(24-15-8-5-12(18)9-14(15)19)16(22)21-13-6-3-11(4-7-13)17(23)20-2/h3-10H,1-2H3,(H,20,23)(H,21,22)/t10-/m1/s1. The lowest BCUT2D eigenvalue weighted by atomic mass is 10.2. The summed E-state index contributed by atoms with van der Waals surface area (Å²) in [6.07, 6.45) is -0.762. The third-order valence-corrected chi connectivity index (χ3v) is 3.74. The minimum atomic E-state index is -0.762. The molecule has 2 N–H and O–H groups in total. The van der Waals surface area contributed by atoms with Gasteiger partial charge in [-0.2, -0.15) is 0 Å². The number of hydrogen-bond donors (Lipinski definition) is 2. The Hall–Kier alpha value is -2.24. The molecule has 0 aromatic heterocycles. The minimum absolute atomic E-state index is 0.193. The number of carbonyl (C=O) groups excluding carboxylic acids is 2. The molecule has 0 spiro atoms. The van der Waals surface area contributed by atoms with Gasteiger partial charge in [-0.3, -0.25) is 9.59 Å². The second-order valence-corrected chi connectivity index (χ2v) is 5.82. The summed E-state index contributed by atoms with van der Waals surface area (Å²) in [6, 6.07) is 11.3. The Bertz CT molecular complexity index is 748.